The quantitative estimate of drug-likeness (QED) is 0.870. The van der Waals surface area contributed by atoms with Gasteiger partial charge in [-0.1, -0.05) is 6.07 Å². The lowest BCUT2D eigenvalue weighted by atomic mass is 10.2. The van der Waals surface area contributed by atoms with Gasteiger partial charge in [-0.3, -0.25) is 4.90 Å². The summed E-state index contributed by atoms with van der Waals surface area (Å²) >= 11 is 1.68. The molecule has 1 aliphatic rings. The van der Waals surface area contributed by atoms with Gasteiger partial charge in [-0.15, -0.1) is 11.3 Å². The van der Waals surface area contributed by atoms with Gasteiger partial charge in [0, 0.05) is 49.7 Å². The van der Waals surface area contributed by atoms with Crippen LogP contribution >= 0.6 is 11.3 Å². The van der Waals surface area contributed by atoms with Gasteiger partial charge in [0.2, 0.25) is 0 Å². The molecule has 130 valence electrons. The van der Waals surface area contributed by atoms with Crippen molar-refractivity contribution in [3.05, 3.63) is 46.5 Å². The highest BCUT2D eigenvalue weighted by Crippen LogP contribution is 2.24. The molecule has 7 heteroatoms. The maximum Gasteiger partial charge on any atom is 0.317 e. The maximum absolute atomic E-state index is 13.9. The van der Waals surface area contributed by atoms with Gasteiger partial charge >= 0.3 is 6.03 Å². The Bertz CT molecular complexity index is 632. The second-order valence-electron chi connectivity index (χ2n) is 6.17. The molecular weight excluding hydrogens is 329 g/mol. The van der Waals surface area contributed by atoms with Crippen LogP contribution in [-0.4, -0.2) is 48.2 Å². The molecule has 3 heterocycles. The first kappa shape index (κ1) is 17.0. The SMILES string of the molecule is CN(C[C@@H]1C[C@H](F)CN1Cc1cccs1)C(=O)NCc1ccoc1. The van der Waals surface area contributed by atoms with Crippen LogP contribution in [0.1, 0.15) is 16.9 Å². The highest BCUT2D eigenvalue weighted by molar-refractivity contribution is 7.09. The molecule has 0 aliphatic carbocycles. The van der Waals surface area contributed by atoms with E-state index < -0.39 is 6.17 Å². The Kier molecular flexibility index (Phi) is 5.52. The number of amides is 2. The van der Waals surface area contributed by atoms with Crippen molar-refractivity contribution in [3.63, 3.8) is 0 Å². The normalized spacial score (nSPS) is 21.1. The van der Waals surface area contributed by atoms with Crippen LogP contribution in [0.2, 0.25) is 0 Å². The van der Waals surface area contributed by atoms with E-state index in [0.29, 0.717) is 26.1 Å². The van der Waals surface area contributed by atoms with Gasteiger partial charge in [-0.25, -0.2) is 9.18 Å². The van der Waals surface area contributed by atoms with Gasteiger partial charge in [-0.05, 0) is 23.9 Å². The fourth-order valence-electron chi connectivity index (χ4n) is 3.01. The second kappa shape index (κ2) is 7.81. The summed E-state index contributed by atoms with van der Waals surface area (Å²) in [5.41, 5.74) is 0.917. The summed E-state index contributed by atoms with van der Waals surface area (Å²) in [6.07, 6.45) is 2.84. The van der Waals surface area contributed by atoms with Crippen LogP contribution in [0.25, 0.3) is 0 Å². The molecule has 1 saturated heterocycles. The van der Waals surface area contributed by atoms with Crippen molar-refractivity contribution in [2.45, 2.75) is 31.7 Å². The zero-order valence-corrected chi connectivity index (χ0v) is 14.5. The summed E-state index contributed by atoms with van der Waals surface area (Å²) < 4.78 is 18.8. The van der Waals surface area contributed by atoms with Crippen LogP contribution < -0.4 is 5.32 Å². The Hall–Kier alpha value is -1.86. The van der Waals surface area contributed by atoms with Gasteiger partial charge in [0.25, 0.3) is 0 Å². The van der Waals surface area contributed by atoms with Crippen LogP contribution in [0, 0.1) is 0 Å². The lowest BCUT2D eigenvalue weighted by molar-refractivity contribution is 0.175. The molecule has 0 aromatic carbocycles. The van der Waals surface area contributed by atoms with E-state index in [1.807, 2.05) is 17.5 Å². The highest BCUT2D eigenvalue weighted by atomic mass is 32.1. The third kappa shape index (κ3) is 4.36. The summed E-state index contributed by atoms with van der Waals surface area (Å²) in [6, 6.07) is 5.77. The molecule has 0 bridgehead atoms. The van der Waals surface area contributed by atoms with Crippen LogP contribution in [0.15, 0.2) is 40.5 Å². The van der Waals surface area contributed by atoms with Crippen LogP contribution in [-0.2, 0) is 13.1 Å². The average molecular weight is 351 g/mol. The first-order valence-corrected chi connectivity index (χ1v) is 8.90. The molecule has 2 amide bonds. The minimum atomic E-state index is -0.822. The average Bonchev–Trinajstić information content (AvgIpc) is 3.29. The van der Waals surface area contributed by atoms with Crippen LogP contribution in [0.4, 0.5) is 9.18 Å². The van der Waals surface area contributed by atoms with E-state index in [1.165, 1.54) is 4.88 Å². The number of halogens is 1. The number of carbonyl (C=O) groups is 1. The lowest BCUT2D eigenvalue weighted by Crippen LogP contribution is -2.44. The molecule has 5 nitrogen and oxygen atoms in total. The molecule has 0 saturated carbocycles. The number of thiophene rings is 1. The topological polar surface area (TPSA) is 48.7 Å². The number of likely N-dealkylation sites (N-methyl/N-ethyl adjacent to an activating group) is 1. The van der Waals surface area contributed by atoms with Crippen LogP contribution in [0.3, 0.4) is 0 Å². The van der Waals surface area contributed by atoms with E-state index in [4.69, 9.17) is 4.42 Å². The summed E-state index contributed by atoms with van der Waals surface area (Å²) in [5.74, 6) is 0. The monoisotopic (exact) mass is 351 g/mol. The summed E-state index contributed by atoms with van der Waals surface area (Å²) in [6.45, 7) is 2.12. The van der Waals surface area contributed by atoms with E-state index in [9.17, 15) is 9.18 Å². The number of hydrogen-bond donors (Lipinski definition) is 1. The van der Waals surface area contributed by atoms with Crippen LogP contribution in [0.5, 0.6) is 0 Å². The Morgan fingerprint density at radius 3 is 3.12 bits per heavy atom. The van der Waals surface area contributed by atoms with Gasteiger partial charge in [0.05, 0.1) is 12.5 Å². The number of carbonyl (C=O) groups excluding carboxylic acids is 1. The van der Waals surface area contributed by atoms with E-state index in [0.717, 1.165) is 12.1 Å². The zero-order chi connectivity index (χ0) is 16.9. The molecule has 24 heavy (non-hydrogen) atoms. The lowest BCUT2D eigenvalue weighted by Gasteiger charge is -2.28. The molecule has 2 atom stereocenters. The number of likely N-dealkylation sites (tertiary alicyclic amines) is 1. The summed E-state index contributed by atoms with van der Waals surface area (Å²) in [4.78, 5) is 17.2. The molecule has 3 rings (SSSR count). The highest BCUT2D eigenvalue weighted by Gasteiger charge is 2.33. The molecule has 0 spiro atoms. The third-order valence-electron chi connectivity index (χ3n) is 4.27. The van der Waals surface area contributed by atoms with Crippen molar-refractivity contribution < 1.29 is 13.6 Å². The Balaban J connectivity index is 1.51. The number of hydrogen-bond acceptors (Lipinski definition) is 4. The number of nitrogens with zero attached hydrogens (tertiary/aromatic N) is 2. The first-order valence-electron chi connectivity index (χ1n) is 8.02. The van der Waals surface area contributed by atoms with E-state index in [-0.39, 0.29) is 12.1 Å². The minimum Gasteiger partial charge on any atom is -0.472 e. The van der Waals surface area contributed by atoms with Gasteiger partial charge in [0.15, 0.2) is 0 Å². The predicted octanol–water partition coefficient (Wildman–Crippen LogP) is 3.10. The fourth-order valence-corrected chi connectivity index (χ4v) is 3.74. The van der Waals surface area contributed by atoms with Crippen molar-refractivity contribution in [2.24, 2.45) is 0 Å². The molecule has 1 fully saturated rings. The number of rotatable bonds is 6. The van der Waals surface area contributed by atoms with E-state index in [2.05, 4.69) is 16.3 Å². The largest absolute Gasteiger partial charge is 0.472 e. The summed E-state index contributed by atoms with van der Waals surface area (Å²) in [5, 5.41) is 4.88. The number of alkyl halides is 1. The maximum atomic E-state index is 13.9. The molecular formula is C17H22FN3O2S. The zero-order valence-electron chi connectivity index (χ0n) is 13.7. The van der Waals surface area contributed by atoms with Crippen molar-refractivity contribution in [2.75, 3.05) is 20.1 Å². The van der Waals surface area contributed by atoms with Crippen molar-refractivity contribution >= 4 is 17.4 Å². The summed E-state index contributed by atoms with van der Waals surface area (Å²) in [7, 11) is 1.75. The second-order valence-corrected chi connectivity index (χ2v) is 7.20. The first-order chi connectivity index (χ1) is 11.6. The minimum absolute atomic E-state index is 0.0479. The van der Waals surface area contributed by atoms with Gasteiger partial charge in [0.1, 0.15) is 6.17 Å². The van der Waals surface area contributed by atoms with Crippen molar-refractivity contribution in [1.29, 1.82) is 0 Å². The Labute approximate surface area is 145 Å². The standard InChI is InChI=1S/C17H22FN3O2S/c1-20(17(22)19-8-13-4-5-23-12-13)10-15-7-14(18)9-21(15)11-16-3-2-6-24-16/h2-6,12,14-15H,7-11H2,1H3,(H,19,22)/t14-,15-/m0/s1. The molecule has 2 aromatic rings. The van der Waals surface area contributed by atoms with Crippen molar-refractivity contribution in [1.82, 2.24) is 15.1 Å². The fraction of sp³-hybridized carbons (Fsp3) is 0.471. The molecule has 0 unspecified atom stereocenters. The molecule has 2 aromatic heterocycles. The van der Waals surface area contributed by atoms with Gasteiger partial charge < -0.3 is 14.6 Å². The molecule has 1 aliphatic heterocycles. The third-order valence-corrected chi connectivity index (χ3v) is 5.13. The number of urea groups is 1. The predicted molar refractivity (Wildman–Crippen MR) is 91.6 cm³/mol. The number of furan rings is 1. The van der Waals surface area contributed by atoms with E-state index >= 15 is 0 Å². The smallest absolute Gasteiger partial charge is 0.317 e. The molecule has 1 N–H and O–H groups in total. The van der Waals surface area contributed by atoms with E-state index in [1.54, 1.807) is 35.8 Å². The van der Waals surface area contributed by atoms with Crippen molar-refractivity contribution in [3.8, 4) is 0 Å². The van der Waals surface area contributed by atoms with Gasteiger partial charge in [-0.2, -0.15) is 0 Å². The Morgan fingerprint density at radius 2 is 2.42 bits per heavy atom. The molecule has 0 radical (unpaired) electrons. The Morgan fingerprint density at radius 1 is 1.54 bits per heavy atom. The number of nitrogens with one attached hydrogen (secondary N) is 1.